The Morgan fingerprint density at radius 1 is 1.33 bits per heavy atom. The summed E-state index contributed by atoms with van der Waals surface area (Å²) in [6, 6.07) is 1.61. The molecule has 18 heavy (non-hydrogen) atoms. The van der Waals surface area contributed by atoms with Crippen LogP contribution in [0.15, 0.2) is 35.4 Å². The largest absolute Gasteiger partial charge is 0.505 e. The van der Waals surface area contributed by atoms with Crippen molar-refractivity contribution in [3.8, 4) is 28.6 Å². The number of aromatic hydroxyl groups is 1. The number of hydrogen-bond donors (Lipinski definition) is 1. The van der Waals surface area contributed by atoms with Crippen LogP contribution in [-0.4, -0.2) is 30.0 Å². The van der Waals surface area contributed by atoms with Crippen molar-refractivity contribution in [3.05, 3.63) is 30.9 Å². The van der Waals surface area contributed by atoms with E-state index in [1.165, 1.54) is 6.20 Å². The second-order valence-electron chi connectivity index (χ2n) is 3.72. The van der Waals surface area contributed by atoms with Crippen LogP contribution in [0.4, 0.5) is 0 Å². The first-order valence-electron chi connectivity index (χ1n) is 5.20. The first-order chi connectivity index (χ1) is 8.74. The maximum atomic E-state index is 9.64. The summed E-state index contributed by atoms with van der Waals surface area (Å²) in [6.07, 6.45) is 6.29. The second kappa shape index (κ2) is 3.95. The van der Waals surface area contributed by atoms with Crippen LogP contribution in [0.2, 0.25) is 0 Å². The number of hydrogen-bond acceptors (Lipinski definition) is 6. The maximum Gasteiger partial charge on any atom is 0.262 e. The zero-order chi connectivity index (χ0) is 12.5. The highest BCUT2D eigenvalue weighted by Crippen LogP contribution is 2.27. The minimum absolute atomic E-state index is 0.00103. The molecule has 0 aliphatic rings. The number of aryl methyl sites for hydroxylation is 1. The number of aromatic nitrogens is 5. The van der Waals surface area contributed by atoms with E-state index in [4.69, 9.17) is 4.52 Å². The highest BCUT2D eigenvalue weighted by atomic mass is 16.5. The molecule has 0 atom stereocenters. The van der Waals surface area contributed by atoms with Crippen LogP contribution in [0.5, 0.6) is 5.75 Å². The van der Waals surface area contributed by atoms with E-state index >= 15 is 0 Å². The Kier molecular flexibility index (Phi) is 2.30. The van der Waals surface area contributed by atoms with Gasteiger partial charge in [0.05, 0.1) is 23.5 Å². The Morgan fingerprint density at radius 2 is 2.22 bits per heavy atom. The van der Waals surface area contributed by atoms with Crippen molar-refractivity contribution in [1.29, 1.82) is 0 Å². The van der Waals surface area contributed by atoms with E-state index in [1.54, 1.807) is 36.4 Å². The normalized spacial score (nSPS) is 10.7. The van der Waals surface area contributed by atoms with Gasteiger partial charge in [-0.15, -0.1) is 0 Å². The monoisotopic (exact) mass is 243 g/mol. The first-order valence-corrected chi connectivity index (χ1v) is 5.20. The zero-order valence-corrected chi connectivity index (χ0v) is 9.48. The summed E-state index contributed by atoms with van der Waals surface area (Å²) in [4.78, 5) is 7.99. The molecule has 3 rings (SSSR count). The van der Waals surface area contributed by atoms with E-state index < -0.39 is 0 Å². The Labute approximate surface area is 102 Å². The van der Waals surface area contributed by atoms with E-state index in [1.807, 2.05) is 0 Å². The molecule has 0 spiro atoms. The van der Waals surface area contributed by atoms with Crippen molar-refractivity contribution in [2.75, 3.05) is 0 Å². The topological polar surface area (TPSA) is 89.9 Å². The van der Waals surface area contributed by atoms with Crippen LogP contribution < -0.4 is 0 Å². The summed E-state index contributed by atoms with van der Waals surface area (Å²) in [5, 5.41) is 17.5. The SMILES string of the molecule is Cn1cc(-c2noc(-c3ccncc3O)n2)cn1. The third kappa shape index (κ3) is 1.71. The smallest absolute Gasteiger partial charge is 0.262 e. The van der Waals surface area contributed by atoms with Gasteiger partial charge in [0.15, 0.2) is 0 Å². The third-order valence-electron chi connectivity index (χ3n) is 2.42. The molecule has 0 saturated heterocycles. The minimum Gasteiger partial charge on any atom is -0.505 e. The summed E-state index contributed by atoms with van der Waals surface area (Å²) >= 11 is 0. The van der Waals surface area contributed by atoms with E-state index in [2.05, 4.69) is 20.2 Å². The van der Waals surface area contributed by atoms with Gasteiger partial charge in [-0.3, -0.25) is 9.67 Å². The molecule has 0 unspecified atom stereocenters. The van der Waals surface area contributed by atoms with Crippen LogP contribution in [-0.2, 0) is 7.05 Å². The van der Waals surface area contributed by atoms with Gasteiger partial charge >= 0.3 is 0 Å². The van der Waals surface area contributed by atoms with Gasteiger partial charge in [-0.05, 0) is 6.07 Å². The predicted octanol–water partition coefficient (Wildman–Crippen LogP) is 1.24. The minimum atomic E-state index is -0.00103. The Bertz CT molecular complexity index is 688. The molecule has 0 bridgehead atoms. The fourth-order valence-electron chi connectivity index (χ4n) is 1.55. The lowest BCUT2D eigenvalue weighted by atomic mass is 10.2. The molecule has 7 heteroatoms. The summed E-state index contributed by atoms with van der Waals surface area (Å²) in [7, 11) is 1.80. The molecular weight excluding hydrogens is 234 g/mol. The summed E-state index contributed by atoms with van der Waals surface area (Å²) in [5.74, 6) is 0.668. The Hall–Kier alpha value is -2.70. The average Bonchev–Trinajstić information content (AvgIpc) is 2.98. The quantitative estimate of drug-likeness (QED) is 0.728. The molecule has 0 radical (unpaired) electrons. The molecule has 3 aromatic heterocycles. The predicted molar refractivity (Wildman–Crippen MR) is 61.4 cm³/mol. The summed E-state index contributed by atoms with van der Waals surface area (Å²) < 4.78 is 6.76. The van der Waals surface area contributed by atoms with Gasteiger partial charge in [0.25, 0.3) is 5.89 Å². The molecule has 1 N–H and O–H groups in total. The Morgan fingerprint density at radius 3 is 2.94 bits per heavy atom. The second-order valence-corrected chi connectivity index (χ2v) is 3.72. The molecule has 90 valence electrons. The first kappa shape index (κ1) is 10.5. The lowest BCUT2D eigenvalue weighted by Crippen LogP contribution is -1.84. The van der Waals surface area contributed by atoms with E-state index in [0.717, 1.165) is 5.56 Å². The maximum absolute atomic E-state index is 9.64. The average molecular weight is 243 g/mol. The van der Waals surface area contributed by atoms with Gasteiger partial charge in [-0.1, -0.05) is 5.16 Å². The van der Waals surface area contributed by atoms with Gasteiger partial charge in [0.2, 0.25) is 5.82 Å². The molecule has 0 aliphatic heterocycles. The van der Waals surface area contributed by atoms with E-state index in [0.29, 0.717) is 11.4 Å². The van der Waals surface area contributed by atoms with Crippen LogP contribution in [0.3, 0.4) is 0 Å². The van der Waals surface area contributed by atoms with Crippen molar-refractivity contribution in [2.24, 2.45) is 7.05 Å². The molecule has 0 aromatic carbocycles. The van der Waals surface area contributed by atoms with Crippen LogP contribution in [0, 0.1) is 0 Å². The molecule has 0 fully saturated rings. The van der Waals surface area contributed by atoms with Crippen molar-refractivity contribution in [3.63, 3.8) is 0 Å². The highest BCUT2D eigenvalue weighted by Gasteiger charge is 2.14. The van der Waals surface area contributed by atoms with Gasteiger partial charge in [-0.2, -0.15) is 10.1 Å². The highest BCUT2D eigenvalue weighted by molar-refractivity contribution is 5.63. The summed E-state index contributed by atoms with van der Waals surface area (Å²) in [5.41, 5.74) is 1.20. The van der Waals surface area contributed by atoms with Gasteiger partial charge < -0.3 is 9.63 Å². The fourth-order valence-corrected chi connectivity index (χ4v) is 1.55. The number of rotatable bonds is 2. The molecule has 0 aliphatic carbocycles. The van der Waals surface area contributed by atoms with Crippen molar-refractivity contribution in [1.82, 2.24) is 24.9 Å². The van der Waals surface area contributed by atoms with Gasteiger partial charge in [0, 0.05) is 19.4 Å². The third-order valence-corrected chi connectivity index (χ3v) is 2.42. The molecule has 0 saturated carbocycles. The van der Waals surface area contributed by atoms with Crippen molar-refractivity contribution >= 4 is 0 Å². The summed E-state index contributed by atoms with van der Waals surface area (Å²) in [6.45, 7) is 0. The number of pyridine rings is 1. The van der Waals surface area contributed by atoms with Gasteiger partial charge in [-0.25, -0.2) is 0 Å². The lowest BCUT2D eigenvalue weighted by molar-refractivity contribution is 0.425. The van der Waals surface area contributed by atoms with Crippen molar-refractivity contribution in [2.45, 2.75) is 0 Å². The number of nitrogens with zero attached hydrogens (tertiary/aromatic N) is 5. The zero-order valence-electron chi connectivity index (χ0n) is 9.48. The Balaban J connectivity index is 2.02. The van der Waals surface area contributed by atoms with E-state index in [9.17, 15) is 5.11 Å². The molecule has 7 nitrogen and oxygen atoms in total. The standard InChI is InChI=1S/C11H9N5O2/c1-16-6-7(4-13-16)10-14-11(18-15-10)8-2-3-12-5-9(8)17/h2-6,17H,1H3. The molecule has 3 heterocycles. The van der Waals surface area contributed by atoms with Crippen LogP contribution >= 0.6 is 0 Å². The van der Waals surface area contributed by atoms with Crippen molar-refractivity contribution < 1.29 is 9.63 Å². The molecular formula is C11H9N5O2. The fraction of sp³-hybridized carbons (Fsp3) is 0.0909. The van der Waals surface area contributed by atoms with Crippen LogP contribution in [0.25, 0.3) is 22.8 Å². The van der Waals surface area contributed by atoms with Crippen LogP contribution in [0.1, 0.15) is 0 Å². The van der Waals surface area contributed by atoms with E-state index in [-0.39, 0.29) is 11.6 Å². The molecule has 0 amide bonds. The lowest BCUT2D eigenvalue weighted by Gasteiger charge is -1.95. The van der Waals surface area contributed by atoms with Gasteiger partial charge in [0.1, 0.15) is 5.75 Å². The molecule has 3 aromatic rings.